The van der Waals surface area contributed by atoms with Crippen molar-refractivity contribution in [3.8, 4) is 11.3 Å². The Morgan fingerprint density at radius 1 is 1.00 bits per heavy atom. The normalized spacial score (nSPS) is 19.5. The van der Waals surface area contributed by atoms with E-state index in [1.807, 2.05) is 0 Å². The number of likely N-dealkylation sites (tertiary alicyclic amines) is 1. The van der Waals surface area contributed by atoms with Gasteiger partial charge in [0.15, 0.2) is 0 Å². The highest BCUT2D eigenvalue weighted by atomic mass is 32.1. The number of aryl methyl sites for hydroxylation is 1. The number of hydrogen-bond donors (Lipinski definition) is 0. The van der Waals surface area contributed by atoms with E-state index in [4.69, 9.17) is 10.1 Å². The third kappa shape index (κ3) is 4.43. The minimum atomic E-state index is 0.541. The largest absolute Gasteiger partial charge is 0.344 e. The summed E-state index contributed by atoms with van der Waals surface area (Å²) in [7, 11) is 2.24. The molecule has 0 aliphatic carbocycles. The van der Waals surface area contributed by atoms with E-state index < -0.39 is 0 Å². The van der Waals surface area contributed by atoms with Crippen LogP contribution in [0.2, 0.25) is 0 Å². The van der Waals surface area contributed by atoms with Gasteiger partial charge >= 0.3 is 0 Å². The molecule has 0 radical (unpaired) electrons. The molecule has 0 bridgehead atoms. The molecule has 2 aromatic heterocycles. The number of fused-ring (bicyclic) bond motifs is 1. The zero-order chi connectivity index (χ0) is 22.2. The van der Waals surface area contributed by atoms with Gasteiger partial charge in [-0.2, -0.15) is 0 Å². The second kappa shape index (κ2) is 9.12. The van der Waals surface area contributed by atoms with E-state index >= 15 is 0 Å². The Balaban J connectivity index is 1.27. The van der Waals surface area contributed by atoms with Crippen LogP contribution in [-0.4, -0.2) is 77.3 Å². The van der Waals surface area contributed by atoms with Crippen molar-refractivity contribution in [2.45, 2.75) is 39.5 Å². The van der Waals surface area contributed by atoms with Crippen LogP contribution < -0.4 is 4.90 Å². The van der Waals surface area contributed by atoms with Gasteiger partial charge in [0, 0.05) is 38.3 Å². The van der Waals surface area contributed by atoms with Crippen molar-refractivity contribution in [2.75, 3.05) is 57.8 Å². The number of imidazole rings is 1. The molecule has 7 heteroatoms. The lowest BCUT2D eigenvalue weighted by Gasteiger charge is -2.38. The molecule has 2 fully saturated rings. The van der Waals surface area contributed by atoms with Crippen molar-refractivity contribution < 1.29 is 0 Å². The minimum Gasteiger partial charge on any atom is -0.344 e. The van der Waals surface area contributed by atoms with E-state index in [-0.39, 0.29) is 0 Å². The summed E-state index contributed by atoms with van der Waals surface area (Å²) in [6, 6.07) is 8.89. The second-order valence-electron chi connectivity index (χ2n) is 9.94. The van der Waals surface area contributed by atoms with Gasteiger partial charge in [-0.1, -0.05) is 49.4 Å². The van der Waals surface area contributed by atoms with Gasteiger partial charge in [-0.25, -0.2) is 9.50 Å². The molecule has 3 aromatic rings. The monoisotopic (exact) mass is 452 g/mol. The molecule has 0 N–H and O–H groups in total. The lowest BCUT2D eigenvalue weighted by molar-refractivity contribution is 0.155. The van der Waals surface area contributed by atoms with Gasteiger partial charge < -0.3 is 9.80 Å². The van der Waals surface area contributed by atoms with E-state index in [0.717, 1.165) is 53.6 Å². The lowest BCUT2D eigenvalue weighted by Crippen LogP contribution is -2.48. The summed E-state index contributed by atoms with van der Waals surface area (Å²) in [5.74, 6) is 1.41. The van der Waals surface area contributed by atoms with Gasteiger partial charge in [0.25, 0.3) is 0 Å². The number of piperazine rings is 1. The van der Waals surface area contributed by atoms with Crippen molar-refractivity contribution >= 4 is 21.4 Å². The van der Waals surface area contributed by atoms with Crippen LogP contribution >= 0.6 is 11.3 Å². The van der Waals surface area contributed by atoms with Gasteiger partial charge in [-0.05, 0) is 57.3 Å². The van der Waals surface area contributed by atoms with Crippen LogP contribution in [0.4, 0.5) is 5.13 Å². The summed E-state index contributed by atoms with van der Waals surface area (Å²) in [6.07, 6.45) is 2.70. The molecule has 2 aliphatic heterocycles. The van der Waals surface area contributed by atoms with E-state index in [9.17, 15) is 0 Å². The van der Waals surface area contributed by atoms with Crippen LogP contribution in [0.15, 0.2) is 24.3 Å². The van der Waals surface area contributed by atoms with Gasteiger partial charge in [0.1, 0.15) is 0 Å². The molecule has 0 atom stereocenters. The fourth-order valence-electron chi connectivity index (χ4n) is 5.06. The van der Waals surface area contributed by atoms with Crippen LogP contribution in [-0.2, 0) is 0 Å². The van der Waals surface area contributed by atoms with E-state index in [2.05, 4.69) is 71.3 Å². The second-order valence-corrected chi connectivity index (χ2v) is 10.9. The highest BCUT2D eigenvalue weighted by molar-refractivity contribution is 7.20. The van der Waals surface area contributed by atoms with Crippen molar-refractivity contribution in [1.82, 2.24) is 24.4 Å². The topological polar surface area (TPSA) is 39.9 Å². The summed E-state index contributed by atoms with van der Waals surface area (Å²) >= 11 is 1.72. The molecular formula is C25H36N6S. The highest BCUT2D eigenvalue weighted by Gasteiger charge is 2.25. The fourth-order valence-corrected chi connectivity index (χ4v) is 6.05. The molecule has 172 valence electrons. The van der Waals surface area contributed by atoms with Crippen molar-refractivity contribution in [3.63, 3.8) is 0 Å². The standard InChI is InChI=1S/C25H36N6S/c1-18(2)21-5-7-22(8-6-21)23-19(3)26-24-31(23)27-25(32-24)30-15-13-29(14-16-30)17-20-9-11-28(4)12-10-20/h5-8,18,20H,9-17H2,1-4H3. The minimum absolute atomic E-state index is 0.541. The molecule has 6 nitrogen and oxygen atoms in total. The van der Waals surface area contributed by atoms with Gasteiger partial charge in [0.2, 0.25) is 10.1 Å². The Hall–Kier alpha value is -1.96. The van der Waals surface area contributed by atoms with Gasteiger partial charge in [-0.15, -0.1) is 5.10 Å². The van der Waals surface area contributed by atoms with E-state index in [1.54, 1.807) is 11.3 Å². The first-order chi connectivity index (χ1) is 15.5. The Bertz CT molecular complexity index is 1040. The van der Waals surface area contributed by atoms with Gasteiger partial charge in [0.05, 0.1) is 11.4 Å². The maximum atomic E-state index is 5.01. The Labute approximate surface area is 195 Å². The molecule has 4 heterocycles. The average Bonchev–Trinajstić information content (AvgIpc) is 3.32. The Morgan fingerprint density at radius 2 is 1.69 bits per heavy atom. The number of piperidine rings is 1. The molecule has 0 amide bonds. The van der Waals surface area contributed by atoms with Crippen LogP contribution in [0.5, 0.6) is 0 Å². The molecule has 32 heavy (non-hydrogen) atoms. The molecular weight excluding hydrogens is 416 g/mol. The molecule has 5 rings (SSSR count). The third-order valence-corrected chi connectivity index (χ3v) is 8.18. The van der Waals surface area contributed by atoms with Crippen molar-refractivity contribution in [2.24, 2.45) is 5.92 Å². The van der Waals surface area contributed by atoms with Crippen LogP contribution in [0.1, 0.15) is 43.9 Å². The number of anilines is 1. The molecule has 0 saturated carbocycles. The number of nitrogens with zero attached hydrogens (tertiary/aromatic N) is 6. The number of aromatic nitrogens is 3. The van der Waals surface area contributed by atoms with Crippen molar-refractivity contribution in [3.05, 3.63) is 35.5 Å². The predicted octanol–water partition coefficient (Wildman–Crippen LogP) is 4.35. The molecule has 0 unspecified atom stereocenters. The number of hydrogen-bond acceptors (Lipinski definition) is 6. The summed E-state index contributed by atoms with van der Waals surface area (Å²) in [5.41, 5.74) is 4.73. The Morgan fingerprint density at radius 3 is 2.34 bits per heavy atom. The fraction of sp³-hybridized carbons (Fsp3) is 0.600. The molecule has 2 aliphatic rings. The molecule has 0 spiro atoms. The number of benzene rings is 1. The summed E-state index contributed by atoms with van der Waals surface area (Å²) < 4.78 is 2.06. The summed E-state index contributed by atoms with van der Waals surface area (Å²) in [6.45, 7) is 14.7. The first kappa shape index (κ1) is 21.9. The molecule has 2 saturated heterocycles. The summed E-state index contributed by atoms with van der Waals surface area (Å²) in [4.78, 5) is 13.4. The maximum Gasteiger partial charge on any atom is 0.214 e. The van der Waals surface area contributed by atoms with Crippen LogP contribution in [0.3, 0.4) is 0 Å². The third-order valence-electron chi connectivity index (χ3n) is 7.22. The maximum absolute atomic E-state index is 5.01. The zero-order valence-corrected chi connectivity index (χ0v) is 20.7. The highest BCUT2D eigenvalue weighted by Crippen LogP contribution is 2.32. The molecule has 1 aromatic carbocycles. The quantitative estimate of drug-likeness (QED) is 0.575. The SMILES string of the molecule is Cc1nc2sc(N3CCN(CC4CCN(C)CC4)CC3)nn2c1-c1ccc(C(C)C)cc1. The summed E-state index contributed by atoms with van der Waals surface area (Å²) in [5, 5.41) is 6.12. The van der Waals surface area contributed by atoms with E-state index in [0.29, 0.717) is 5.92 Å². The first-order valence-corrected chi connectivity index (χ1v) is 12.9. The van der Waals surface area contributed by atoms with Gasteiger partial charge in [-0.3, -0.25) is 4.90 Å². The number of rotatable bonds is 5. The Kier molecular flexibility index (Phi) is 6.23. The zero-order valence-electron chi connectivity index (χ0n) is 19.9. The average molecular weight is 453 g/mol. The smallest absolute Gasteiger partial charge is 0.214 e. The first-order valence-electron chi connectivity index (χ1n) is 12.1. The predicted molar refractivity (Wildman–Crippen MR) is 134 cm³/mol. The van der Waals surface area contributed by atoms with Crippen LogP contribution in [0.25, 0.3) is 16.2 Å². The van der Waals surface area contributed by atoms with Crippen molar-refractivity contribution in [1.29, 1.82) is 0 Å². The van der Waals surface area contributed by atoms with E-state index in [1.165, 1.54) is 43.6 Å². The van der Waals surface area contributed by atoms with Crippen LogP contribution in [0, 0.1) is 12.8 Å². The lowest BCUT2D eigenvalue weighted by atomic mass is 9.96.